The van der Waals surface area contributed by atoms with E-state index in [1.807, 2.05) is 11.8 Å². The van der Waals surface area contributed by atoms with Gasteiger partial charge in [0, 0.05) is 25.7 Å². The van der Waals surface area contributed by atoms with Crippen LogP contribution in [0.2, 0.25) is 0 Å². The van der Waals surface area contributed by atoms with Gasteiger partial charge in [0.2, 0.25) is 0 Å². The number of nitrogens with zero attached hydrogens (tertiary/aromatic N) is 3. The number of alkyl halides is 3. The molecule has 0 N–H and O–H groups in total. The lowest BCUT2D eigenvalue weighted by Crippen LogP contribution is -2.55. The number of amides is 1. The summed E-state index contributed by atoms with van der Waals surface area (Å²) in [4.78, 5) is 21.2. The number of amidine groups is 1. The molecule has 3 aromatic carbocycles. The molecule has 10 heteroatoms. The van der Waals surface area contributed by atoms with E-state index in [4.69, 9.17) is 9.47 Å². The second kappa shape index (κ2) is 9.42. The van der Waals surface area contributed by atoms with E-state index < -0.39 is 23.5 Å². The maximum Gasteiger partial charge on any atom is 0.416 e. The van der Waals surface area contributed by atoms with E-state index in [0.717, 1.165) is 12.1 Å². The van der Waals surface area contributed by atoms with Crippen molar-refractivity contribution in [3.63, 3.8) is 0 Å². The fourth-order valence-corrected chi connectivity index (χ4v) is 4.54. The fourth-order valence-electron chi connectivity index (χ4n) is 4.54. The van der Waals surface area contributed by atoms with Gasteiger partial charge in [-0.25, -0.2) is 9.38 Å². The highest BCUT2D eigenvalue weighted by molar-refractivity contribution is 6.04. The van der Waals surface area contributed by atoms with Crippen LogP contribution in [0.15, 0.2) is 65.7 Å². The molecule has 1 saturated heterocycles. The molecular weight excluding hydrogens is 490 g/mol. The van der Waals surface area contributed by atoms with Crippen molar-refractivity contribution in [3.05, 3.63) is 83.2 Å². The number of carbonyl (C=O) groups is 1. The fraction of sp³-hybridized carbons (Fsp3) is 0.259. The molecule has 0 bridgehead atoms. The number of fused-ring (bicyclic) bond motifs is 2. The van der Waals surface area contributed by atoms with Gasteiger partial charge in [-0.3, -0.25) is 4.79 Å². The van der Waals surface area contributed by atoms with Gasteiger partial charge in [0.1, 0.15) is 28.8 Å². The molecule has 0 aliphatic carbocycles. The third-order valence-electron chi connectivity index (χ3n) is 6.45. The first-order chi connectivity index (χ1) is 17.7. The quantitative estimate of drug-likeness (QED) is 0.402. The third-order valence-corrected chi connectivity index (χ3v) is 6.45. The minimum Gasteiger partial charge on any atom is -0.497 e. The van der Waals surface area contributed by atoms with Crippen molar-refractivity contribution in [2.45, 2.75) is 19.1 Å². The Morgan fingerprint density at radius 3 is 2.51 bits per heavy atom. The Morgan fingerprint density at radius 1 is 1.05 bits per heavy atom. The Bertz CT molecular complexity index is 1390. The van der Waals surface area contributed by atoms with Gasteiger partial charge in [-0.2, -0.15) is 13.2 Å². The van der Waals surface area contributed by atoms with Crippen LogP contribution in [0.1, 0.15) is 28.4 Å². The Labute approximate surface area is 210 Å². The van der Waals surface area contributed by atoms with Crippen LogP contribution in [-0.2, 0) is 6.18 Å². The number of piperazine rings is 1. The van der Waals surface area contributed by atoms with Gasteiger partial charge in [0.15, 0.2) is 5.75 Å². The lowest BCUT2D eigenvalue weighted by molar-refractivity contribution is -0.137. The van der Waals surface area contributed by atoms with Gasteiger partial charge >= 0.3 is 6.18 Å². The van der Waals surface area contributed by atoms with Crippen molar-refractivity contribution < 1.29 is 31.8 Å². The standard InChI is InChI=1S/C27H23F4N3O3/c1-16-15-33(11-12-34(16)26(35)19-5-3-4-6-21(19)28)25-20-14-18(36-2)8-10-23(20)37-24-9-7-17(27(29,30)31)13-22(24)32-25/h3-10,13-14,16H,11-12,15H2,1-2H3/t16-/m1/s1. The molecule has 0 saturated carbocycles. The summed E-state index contributed by atoms with van der Waals surface area (Å²) in [6, 6.07) is 13.7. The van der Waals surface area contributed by atoms with E-state index in [1.165, 1.54) is 31.4 Å². The molecule has 6 nitrogen and oxygen atoms in total. The van der Waals surface area contributed by atoms with E-state index in [9.17, 15) is 22.4 Å². The third kappa shape index (κ3) is 4.71. The van der Waals surface area contributed by atoms with Gasteiger partial charge in [0.05, 0.1) is 23.8 Å². The molecule has 1 amide bonds. The van der Waals surface area contributed by atoms with Gasteiger partial charge in [-0.15, -0.1) is 0 Å². The van der Waals surface area contributed by atoms with Crippen molar-refractivity contribution in [3.8, 4) is 17.2 Å². The van der Waals surface area contributed by atoms with Crippen LogP contribution in [-0.4, -0.2) is 54.3 Å². The van der Waals surface area contributed by atoms with Gasteiger partial charge < -0.3 is 19.3 Å². The largest absolute Gasteiger partial charge is 0.497 e. The number of methoxy groups -OCH3 is 1. The number of benzene rings is 3. The molecule has 0 aromatic heterocycles. The first kappa shape index (κ1) is 24.6. The maximum absolute atomic E-state index is 14.2. The molecule has 0 unspecified atom stereocenters. The number of halogens is 4. The van der Waals surface area contributed by atoms with Gasteiger partial charge in [0.25, 0.3) is 5.91 Å². The molecule has 2 aliphatic heterocycles. The smallest absolute Gasteiger partial charge is 0.416 e. The number of hydrogen-bond donors (Lipinski definition) is 0. The zero-order valence-corrected chi connectivity index (χ0v) is 20.1. The molecule has 2 heterocycles. The summed E-state index contributed by atoms with van der Waals surface area (Å²) in [7, 11) is 1.51. The minimum absolute atomic E-state index is 0.00769. The molecule has 192 valence electrons. The van der Waals surface area contributed by atoms with Crippen LogP contribution in [0.5, 0.6) is 17.2 Å². The topological polar surface area (TPSA) is 54.4 Å². The Hall–Kier alpha value is -4.08. The summed E-state index contributed by atoms with van der Waals surface area (Å²) >= 11 is 0. The number of rotatable bonds is 2. The summed E-state index contributed by atoms with van der Waals surface area (Å²) in [6.07, 6.45) is -4.54. The average molecular weight is 513 g/mol. The van der Waals surface area contributed by atoms with E-state index in [-0.39, 0.29) is 29.6 Å². The minimum atomic E-state index is -4.54. The van der Waals surface area contributed by atoms with Gasteiger partial charge in [-0.05, 0) is 55.5 Å². The molecule has 1 atom stereocenters. The SMILES string of the molecule is COc1ccc2c(c1)C(N1CCN(C(=O)c3ccccc3F)[C@H](C)C1)=Nc1cc(C(F)(F)F)ccc1O2. The normalized spacial score (nSPS) is 17.2. The summed E-state index contributed by atoms with van der Waals surface area (Å²) in [5.41, 5.74) is -0.260. The summed E-state index contributed by atoms with van der Waals surface area (Å²) in [5.74, 6) is 0.519. The molecule has 0 radical (unpaired) electrons. The van der Waals surface area contributed by atoms with Crippen LogP contribution < -0.4 is 9.47 Å². The monoisotopic (exact) mass is 513 g/mol. The highest BCUT2D eigenvalue weighted by Gasteiger charge is 2.35. The van der Waals surface area contributed by atoms with Crippen LogP contribution >= 0.6 is 0 Å². The molecule has 0 spiro atoms. The zero-order chi connectivity index (χ0) is 26.3. The lowest BCUT2D eigenvalue weighted by Gasteiger charge is -2.41. The Kier molecular flexibility index (Phi) is 6.26. The molecule has 37 heavy (non-hydrogen) atoms. The van der Waals surface area contributed by atoms with E-state index in [0.29, 0.717) is 36.0 Å². The van der Waals surface area contributed by atoms with E-state index >= 15 is 0 Å². The second-order valence-corrected chi connectivity index (χ2v) is 8.85. The molecular formula is C27H23F4N3O3. The van der Waals surface area contributed by atoms with Crippen LogP contribution in [0.3, 0.4) is 0 Å². The van der Waals surface area contributed by atoms with Crippen molar-refractivity contribution in [2.24, 2.45) is 4.99 Å². The number of ether oxygens (including phenoxy) is 2. The summed E-state index contributed by atoms with van der Waals surface area (Å²) in [5, 5.41) is 0. The van der Waals surface area contributed by atoms with Gasteiger partial charge in [-0.1, -0.05) is 12.1 Å². The van der Waals surface area contributed by atoms with Crippen LogP contribution in [0, 0.1) is 5.82 Å². The predicted octanol–water partition coefficient (Wildman–Crippen LogP) is 5.88. The number of aliphatic imine (C=N–C) groups is 1. The van der Waals surface area contributed by atoms with Crippen molar-refractivity contribution >= 4 is 17.4 Å². The summed E-state index contributed by atoms with van der Waals surface area (Å²) in [6.45, 7) is 2.75. The first-order valence-corrected chi connectivity index (χ1v) is 11.6. The molecule has 2 aliphatic rings. The zero-order valence-electron chi connectivity index (χ0n) is 20.1. The molecule has 3 aromatic rings. The summed E-state index contributed by atoms with van der Waals surface area (Å²) < 4.78 is 65.9. The molecule has 1 fully saturated rings. The van der Waals surface area contributed by atoms with Crippen molar-refractivity contribution in [1.29, 1.82) is 0 Å². The highest BCUT2D eigenvalue weighted by Crippen LogP contribution is 2.42. The predicted molar refractivity (Wildman–Crippen MR) is 129 cm³/mol. The Balaban J connectivity index is 1.52. The van der Waals surface area contributed by atoms with Crippen molar-refractivity contribution in [1.82, 2.24) is 9.80 Å². The molecule has 5 rings (SSSR count). The second-order valence-electron chi connectivity index (χ2n) is 8.85. The number of carbonyl (C=O) groups excluding carboxylic acids is 1. The Morgan fingerprint density at radius 2 is 1.81 bits per heavy atom. The van der Waals surface area contributed by atoms with E-state index in [2.05, 4.69) is 4.99 Å². The lowest BCUT2D eigenvalue weighted by atomic mass is 10.1. The maximum atomic E-state index is 14.2. The average Bonchev–Trinajstić information content (AvgIpc) is 3.03. The first-order valence-electron chi connectivity index (χ1n) is 11.6. The highest BCUT2D eigenvalue weighted by atomic mass is 19.4. The van der Waals surface area contributed by atoms with E-state index in [1.54, 1.807) is 29.2 Å². The van der Waals surface area contributed by atoms with Crippen LogP contribution in [0.4, 0.5) is 23.2 Å². The van der Waals surface area contributed by atoms with Crippen molar-refractivity contribution in [2.75, 3.05) is 26.7 Å². The number of hydrogen-bond acceptors (Lipinski definition) is 5. The van der Waals surface area contributed by atoms with Crippen LogP contribution in [0.25, 0.3) is 0 Å².